The fraction of sp³-hybridized carbons (Fsp3) is 0.158. The molecule has 0 fully saturated rings. The number of aromatic nitrogens is 2. The second-order valence-electron chi connectivity index (χ2n) is 5.83. The van der Waals surface area contributed by atoms with Gasteiger partial charge in [-0.2, -0.15) is 13.9 Å². The Balaban J connectivity index is 1.66. The average Bonchev–Trinajstić information content (AvgIpc) is 3.13. The molecule has 0 aliphatic heterocycles. The molecule has 0 unspecified atom stereocenters. The van der Waals surface area contributed by atoms with Gasteiger partial charge in [0.1, 0.15) is 5.75 Å². The Hall–Kier alpha value is -2.93. The molecule has 0 aliphatic rings. The van der Waals surface area contributed by atoms with Crippen molar-refractivity contribution < 1.29 is 18.3 Å². The second-order valence-corrected chi connectivity index (χ2v) is 6.27. The van der Waals surface area contributed by atoms with Crippen LogP contribution in [0.2, 0.25) is 5.02 Å². The molecule has 0 aliphatic carbocycles. The Kier molecular flexibility index (Phi) is 5.71. The highest BCUT2D eigenvalue weighted by Crippen LogP contribution is 2.17. The fourth-order valence-corrected chi connectivity index (χ4v) is 2.64. The van der Waals surface area contributed by atoms with Crippen LogP contribution in [0.1, 0.15) is 15.9 Å². The van der Waals surface area contributed by atoms with E-state index < -0.39 is 6.61 Å². The number of carbonyl (C=O) groups excluding carboxylic acids is 1. The summed E-state index contributed by atoms with van der Waals surface area (Å²) in [5.74, 6) is -0.130. The highest BCUT2D eigenvalue weighted by molar-refractivity contribution is 6.30. The Bertz CT molecular complexity index is 911. The Morgan fingerprint density at radius 3 is 2.48 bits per heavy atom. The van der Waals surface area contributed by atoms with Crippen molar-refractivity contribution in [3.63, 3.8) is 0 Å². The fourth-order valence-electron chi connectivity index (χ4n) is 2.51. The first-order valence-corrected chi connectivity index (χ1v) is 8.40. The van der Waals surface area contributed by atoms with Gasteiger partial charge in [-0.15, -0.1) is 0 Å². The van der Waals surface area contributed by atoms with Crippen molar-refractivity contribution in [3.8, 4) is 11.4 Å². The van der Waals surface area contributed by atoms with E-state index in [4.69, 9.17) is 11.6 Å². The van der Waals surface area contributed by atoms with Gasteiger partial charge in [-0.25, -0.2) is 4.68 Å². The molecular weight excluding hydrogens is 376 g/mol. The summed E-state index contributed by atoms with van der Waals surface area (Å²) in [5.41, 5.74) is 2.01. The smallest absolute Gasteiger partial charge is 0.387 e. The summed E-state index contributed by atoms with van der Waals surface area (Å²) >= 11 is 5.87. The molecule has 0 saturated heterocycles. The molecule has 1 heterocycles. The number of amides is 1. The van der Waals surface area contributed by atoms with Crippen LogP contribution in [0.15, 0.2) is 60.9 Å². The zero-order valence-corrected chi connectivity index (χ0v) is 15.1. The molecule has 0 spiro atoms. The molecule has 5 nitrogen and oxygen atoms in total. The largest absolute Gasteiger partial charge is 0.435 e. The number of ether oxygens (including phenoxy) is 1. The second kappa shape index (κ2) is 8.18. The van der Waals surface area contributed by atoms with Gasteiger partial charge in [0.15, 0.2) is 0 Å². The van der Waals surface area contributed by atoms with Crippen LogP contribution in [-0.4, -0.2) is 34.2 Å². The number of rotatable bonds is 6. The summed E-state index contributed by atoms with van der Waals surface area (Å²) in [4.78, 5) is 14.1. The van der Waals surface area contributed by atoms with Gasteiger partial charge >= 0.3 is 6.61 Å². The number of halogens is 3. The molecule has 0 atom stereocenters. The summed E-state index contributed by atoms with van der Waals surface area (Å²) in [6.45, 7) is -2.54. The van der Waals surface area contributed by atoms with Gasteiger partial charge in [0.2, 0.25) is 0 Å². The van der Waals surface area contributed by atoms with Crippen LogP contribution in [0.4, 0.5) is 8.78 Å². The maximum Gasteiger partial charge on any atom is 0.387 e. The van der Waals surface area contributed by atoms with Gasteiger partial charge in [-0.3, -0.25) is 4.79 Å². The minimum Gasteiger partial charge on any atom is -0.435 e. The summed E-state index contributed by atoms with van der Waals surface area (Å²) in [6.07, 6.45) is 3.13. The van der Waals surface area contributed by atoms with Crippen LogP contribution < -0.4 is 4.74 Å². The van der Waals surface area contributed by atoms with Gasteiger partial charge in [0.05, 0.1) is 17.4 Å². The lowest BCUT2D eigenvalue weighted by Gasteiger charge is -2.16. The molecule has 3 aromatic rings. The molecule has 0 bridgehead atoms. The summed E-state index contributed by atoms with van der Waals surface area (Å²) < 4.78 is 30.3. The van der Waals surface area contributed by atoms with Gasteiger partial charge in [-0.1, -0.05) is 23.7 Å². The van der Waals surface area contributed by atoms with Crippen molar-refractivity contribution in [2.45, 2.75) is 13.2 Å². The standard InChI is InChI=1S/C19H16ClF2N3O2/c1-24(11-13-2-8-17(9-3-13)27-19(21)22)18(26)14-10-23-25(12-14)16-6-4-15(20)5-7-16/h2-10,12,19H,11H2,1H3. The minimum atomic E-state index is -2.86. The quantitative estimate of drug-likeness (QED) is 0.625. The van der Waals surface area contributed by atoms with Gasteiger partial charge in [0.25, 0.3) is 5.91 Å². The van der Waals surface area contributed by atoms with E-state index in [0.29, 0.717) is 17.1 Å². The Labute approximate surface area is 159 Å². The monoisotopic (exact) mass is 391 g/mol. The molecule has 1 aromatic heterocycles. The average molecular weight is 392 g/mol. The Morgan fingerprint density at radius 1 is 1.19 bits per heavy atom. The zero-order chi connectivity index (χ0) is 19.4. The number of alkyl halides is 2. The lowest BCUT2D eigenvalue weighted by atomic mass is 10.2. The molecule has 0 saturated carbocycles. The highest BCUT2D eigenvalue weighted by atomic mass is 35.5. The summed E-state index contributed by atoms with van der Waals surface area (Å²) in [6, 6.07) is 13.3. The van der Waals surface area contributed by atoms with Gasteiger partial charge in [0, 0.05) is 24.8 Å². The van der Waals surface area contributed by atoms with E-state index in [2.05, 4.69) is 9.84 Å². The third-order valence-electron chi connectivity index (χ3n) is 3.84. The highest BCUT2D eigenvalue weighted by Gasteiger charge is 2.15. The molecule has 8 heteroatoms. The van der Waals surface area contributed by atoms with Crippen LogP contribution in [0, 0.1) is 0 Å². The van der Waals surface area contributed by atoms with E-state index in [-0.39, 0.29) is 11.7 Å². The topological polar surface area (TPSA) is 47.4 Å². The third-order valence-corrected chi connectivity index (χ3v) is 4.09. The minimum absolute atomic E-state index is 0.0759. The SMILES string of the molecule is CN(Cc1ccc(OC(F)F)cc1)C(=O)c1cnn(-c2ccc(Cl)cc2)c1. The first-order chi connectivity index (χ1) is 12.9. The van der Waals surface area contributed by atoms with E-state index in [1.54, 1.807) is 54.3 Å². The summed E-state index contributed by atoms with van der Waals surface area (Å²) in [7, 11) is 1.66. The van der Waals surface area contributed by atoms with Crippen LogP contribution in [-0.2, 0) is 6.54 Å². The molecule has 140 valence electrons. The maximum atomic E-state index is 12.6. The van der Waals surface area contributed by atoms with Gasteiger partial charge in [-0.05, 0) is 42.0 Å². The van der Waals surface area contributed by atoms with Crippen molar-refractivity contribution >= 4 is 17.5 Å². The zero-order valence-electron chi connectivity index (χ0n) is 14.3. The van der Waals surface area contributed by atoms with Crippen molar-refractivity contribution in [1.82, 2.24) is 14.7 Å². The number of carbonyl (C=O) groups is 1. The van der Waals surface area contributed by atoms with E-state index in [9.17, 15) is 13.6 Å². The first-order valence-electron chi connectivity index (χ1n) is 8.02. The molecular formula is C19H16ClF2N3O2. The lowest BCUT2D eigenvalue weighted by molar-refractivity contribution is -0.0498. The van der Waals surface area contributed by atoms with Crippen LogP contribution in [0.25, 0.3) is 5.69 Å². The number of nitrogens with zero attached hydrogens (tertiary/aromatic N) is 3. The van der Waals surface area contributed by atoms with Crippen molar-refractivity contribution in [3.05, 3.63) is 77.1 Å². The van der Waals surface area contributed by atoms with Crippen LogP contribution >= 0.6 is 11.6 Å². The van der Waals surface area contributed by atoms with Crippen LogP contribution in [0.5, 0.6) is 5.75 Å². The molecule has 2 aromatic carbocycles. The number of hydrogen-bond donors (Lipinski definition) is 0. The Morgan fingerprint density at radius 2 is 1.85 bits per heavy atom. The number of hydrogen-bond acceptors (Lipinski definition) is 3. The van der Waals surface area contributed by atoms with Crippen LogP contribution in [0.3, 0.4) is 0 Å². The molecule has 3 rings (SSSR count). The van der Waals surface area contributed by atoms with E-state index in [0.717, 1.165) is 11.3 Å². The van der Waals surface area contributed by atoms with Crippen molar-refractivity contribution in [2.75, 3.05) is 7.05 Å². The maximum absolute atomic E-state index is 12.6. The van der Waals surface area contributed by atoms with E-state index in [1.807, 2.05) is 0 Å². The van der Waals surface area contributed by atoms with Gasteiger partial charge < -0.3 is 9.64 Å². The molecule has 0 N–H and O–H groups in total. The predicted octanol–water partition coefficient (Wildman–Crippen LogP) is 4.40. The predicted molar refractivity (Wildman–Crippen MR) is 97.4 cm³/mol. The third kappa shape index (κ3) is 4.83. The van der Waals surface area contributed by atoms with Crippen molar-refractivity contribution in [2.24, 2.45) is 0 Å². The first kappa shape index (κ1) is 18.8. The van der Waals surface area contributed by atoms with E-state index in [1.165, 1.54) is 23.2 Å². The normalized spacial score (nSPS) is 10.9. The van der Waals surface area contributed by atoms with E-state index >= 15 is 0 Å². The number of benzene rings is 2. The molecule has 0 radical (unpaired) electrons. The molecule has 27 heavy (non-hydrogen) atoms. The summed E-state index contributed by atoms with van der Waals surface area (Å²) in [5, 5.41) is 4.82. The lowest BCUT2D eigenvalue weighted by Crippen LogP contribution is -2.25. The molecule has 1 amide bonds. The van der Waals surface area contributed by atoms with Crippen molar-refractivity contribution in [1.29, 1.82) is 0 Å².